The normalized spacial score (nSPS) is 16.2. The number of halogens is 1. The van der Waals surface area contributed by atoms with Gasteiger partial charge >= 0.3 is 0 Å². The van der Waals surface area contributed by atoms with Crippen LogP contribution in [0.5, 0.6) is 0 Å². The van der Waals surface area contributed by atoms with Crippen molar-refractivity contribution >= 4 is 23.2 Å². The zero-order chi connectivity index (χ0) is 15.2. The lowest BCUT2D eigenvalue weighted by Gasteiger charge is -2.34. The Labute approximate surface area is 130 Å². The molecule has 1 heterocycles. The lowest BCUT2D eigenvalue weighted by molar-refractivity contribution is 0.0366. The molecule has 0 unspecified atom stereocenters. The van der Waals surface area contributed by atoms with E-state index in [2.05, 4.69) is 4.90 Å². The summed E-state index contributed by atoms with van der Waals surface area (Å²) in [6.45, 7) is 3.18. The molecule has 21 heavy (non-hydrogen) atoms. The molecule has 0 aliphatic carbocycles. The molecule has 5 nitrogen and oxygen atoms in total. The molecule has 2 rings (SSSR count). The molecular formula is C15H22ClN3O2. The van der Waals surface area contributed by atoms with Crippen molar-refractivity contribution in [1.82, 2.24) is 0 Å². The molecule has 1 aliphatic heterocycles. The van der Waals surface area contributed by atoms with Crippen molar-refractivity contribution in [2.45, 2.75) is 25.4 Å². The maximum Gasteiger partial charge on any atom is 0.248 e. The zero-order valence-electron chi connectivity index (χ0n) is 12.1. The molecule has 116 valence electrons. The van der Waals surface area contributed by atoms with E-state index in [4.69, 9.17) is 27.8 Å². The second kappa shape index (κ2) is 7.64. The van der Waals surface area contributed by atoms with Gasteiger partial charge in [-0.1, -0.05) is 11.6 Å². The first-order valence-corrected chi connectivity index (χ1v) is 7.65. The number of anilines is 1. The Kier molecular flexibility index (Phi) is 5.85. The SMILES string of the molecule is NCCCOC1CCN(c2ccc(C(N)=O)cc2Cl)CC1. The van der Waals surface area contributed by atoms with E-state index in [1.165, 1.54) is 0 Å². The van der Waals surface area contributed by atoms with E-state index in [1.807, 2.05) is 6.07 Å². The molecule has 1 fully saturated rings. The molecule has 0 atom stereocenters. The third kappa shape index (κ3) is 4.33. The molecule has 6 heteroatoms. The van der Waals surface area contributed by atoms with E-state index < -0.39 is 5.91 Å². The van der Waals surface area contributed by atoms with Gasteiger partial charge in [0.15, 0.2) is 0 Å². The van der Waals surface area contributed by atoms with E-state index in [0.29, 0.717) is 23.2 Å². The second-order valence-corrected chi connectivity index (χ2v) is 5.64. The van der Waals surface area contributed by atoms with Gasteiger partial charge in [0, 0.05) is 25.3 Å². The van der Waals surface area contributed by atoms with Gasteiger partial charge in [-0.15, -0.1) is 0 Å². The number of nitrogens with two attached hydrogens (primary N) is 2. The first kappa shape index (κ1) is 16.1. The highest BCUT2D eigenvalue weighted by molar-refractivity contribution is 6.33. The number of ether oxygens (including phenoxy) is 1. The summed E-state index contributed by atoms with van der Waals surface area (Å²) < 4.78 is 5.79. The summed E-state index contributed by atoms with van der Waals surface area (Å²) >= 11 is 6.25. The van der Waals surface area contributed by atoms with Gasteiger partial charge < -0.3 is 21.1 Å². The zero-order valence-corrected chi connectivity index (χ0v) is 12.8. The summed E-state index contributed by atoms with van der Waals surface area (Å²) in [5, 5.41) is 0.564. The molecule has 0 aromatic heterocycles. The highest BCUT2D eigenvalue weighted by Gasteiger charge is 2.21. The number of rotatable bonds is 6. The van der Waals surface area contributed by atoms with Crippen LogP contribution in [-0.4, -0.2) is 38.3 Å². The molecule has 0 radical (unpaired) electrons. The number of benzene rings is 1. The van der Waals surface area contributed by atoms with Crippen molar-refractivity contribution < 1.29 is 9.53 Å². The Balaban J connectivity index is 1.91. The molecule has 1 aliphatic rings. The number of primary amides is 1. The van der Waals surface area contributed by atoms with Crippen molar-refractivity contribution in [2.24, 2.45) is 11.5 Å². The summed E-state index contributed by atoms with van der Waals surface area (Å²) in [7, 11) is 0. The van der Waals surface area contributed by atoms with Crippen LogP contribution in [-0.2, 0) is 4.74 Å². The summed E-state index contributed by atoms with van der Waals surface area (Å²) in [5.41, 5.74) is 12.1. The predicted molar refractivity (Wildman–Crippen MR) is 84.8 cm³/mol. The first-order chi connectivity index (χ1) is 10.1. The molecule has 0 spiro atoms. The maximum absolute atomic E-state index is 11.1. The first-order valence-electron chi connectivity index (χ1n) is 7.27. The Morgan fingerprint density at radius 3 is 2.67 bits per heavy atom. The predicted octanol–water partition coefficient (Wildman–Crippen LogP) is 1.77. The summed E-state index contributed by atoms with van der Waals surface area (Å²) in [6, 6.07) is 5.20. The monoisotopic (exact) mass is 311 g/mol. The van der Waals surface area contributed by atoms with Crippen molar-refractivity contribution in [3.05, 3.63) is 28.8 Å². The van der Waals surface area contributed by atoms with Crippen LogP contribution in [0.2, 0.25) is 5.02 Å². The average Bonchev–Trinajstić information content (AvgIpc) is 2.48. The van der Waals surface area contributed by atoms with Gasteiger partial charge in [-0.3, -0.25) is 4.79 Å². The fourth-order valence-electron chi connectivity index (χ4n) is 2.51. The molecule has 1 amide bonds. The van der Waals surface area contributed by atoms with Gasteiger partial charge in [-0.25, -0.2) is 0 Å². The topological polar surface area (TPSA) is 81.6 Å². The summed E-state index contributed by atoms with van der Waals surface area (Å²) in [5.74, 6) is -0.463. The fraction of sp³-hybridized carbons (Fsp3) is 0.533. The van der Waals surface area contributed by atoms with Crippen LogP contribution in [0.25, 0.3) is 0 Å². The summed E-state index contributed by atoms with van der Waals surface area (Å²) in [6.07, 6.45) is 3.15. The number of hydrogen-bond donors (Lipinski definition) is 2. The van der Waals surface area contributed by atoms with Crippen LogP contribution in [0.3, 0.4) is 0 Å². The van der Waals surface area contributed by atoms with Crippen LogP contribution < -0.4 is 16.4 Å². The standard InChI is InChI=1S/C15H22ClN3O2/c16-13-10-11(15(18)20)2-3-14(13)19-7-4-12(5-8-19)21-9-1-6-17/h2-3,10,12H,1,4-9,17H2,(H2,18,20). The number of piperidine rings is 1. The molecule has 4 N–H and O–H groups in total. The van der Waals surface area contributed by atoms with Gasteiger partial charge in [0.05, 0.1) is 16.8 Å². The van der Waals surface area contributed by atoms with Crippen LogP contribution in [0, 0.1) is 0 Å². The highest BCUT2D eigenvalue weighted by atomic mass is 35.5. The average molecular weight is 312 g/mol. The van der Waals surface area contributed by atoms with E-state index in [0.717, 1.165) is 44.6 Å². The minimum absolute atomic E-state index is 0.302. The Morgan fingerprint density at radius 2 is 2.10 bits per heavy atom. The van der Waals surface area contributed by atoms with Gasteiger partial charge in [0.25, 0.3) is 0 Å². The molecular weight excluding hydrogens is 290 g/mol. The van der Waals surface area contributed by atoms with Crippen molar-refractivity contribution in [3.8, 4) is 0 Å². The Hall–Kier alpha value is -1.30. The number of carbonyl (C=O) groups is 1. The van der Waals surface area contributed by atoms with Gasteiger partial charge in [0.2, 0.25) is 5.91 Å². The third-order valence-electron chi connectivity index (χ3n) is 3.72. The van der Waals surface area contributed by atoms with Crippen LogP contribution >= 0.6 is 11.6 Å². The molecule has 1 aromatic carbocycles. The van der Waals surface area contributed by atoms with Crippen LogP contribution in [0.1, 0.15) is 29.6 Å². The maximum atomic E-state index is 11.1. The van der Waals surface area contributed by atoms with E-state index >= 15 is 0 Å². The van der Waals surface area contributed by atoms with Crippen molar-refractivity contribution in [3.63, 3.8) is 0 Å². The van der Waals surface area contributed by atoms with Gasteiger partial charge in [-0.2, -0.15) is 0 Å². The van der Waals surface area contributed by atoms with Crippen molar-refractivity contribution in [2.75, 3.05) is 31.1 Å². The lowest BCUT2D eigenvalue weighted by atomic mass is 10.1. The quantitative estimate of drug-likeness (QED) is 0.785. The Bertz CT molecular complexity index is 488. The van der Waals surface area contributed by atoms with E-state index in [-0.39, 0.29) is 0 Å². The number of hydrogen-bond acceptors (Lipinski definition) is 4. The molecule has 1 aromatic rings. The minimum Gasteiger partial charge on any atom is -0.378 e. The summed E-state index contributed by atoms with van der Waals surface area (Å²) in [4.78, 5) is 13.4. The van der Waals surface area contributed by atoms with E-state index in [9.17, 15) is 4.79 Å². The Morgan fingerprint density at radius 1 is 1.38 bits per heavy atom. The fourth-order valence-corrected chi connectivity index (χ4v) is 2.81. The minimum atomic E-state index is -0.463. The largest absolute Gasteiger partial charge is 0.378 e. The lowest BCUT2D eigenvalue weighted by Crippen LogP contribution is -2.37. The molecule has 1 saturated heterocycles. The molecule has 0 bridgehead atoms. The van der Waals surface area contributed by atoms with Crippen LogP contribution in [0.4, 0.5) is 5.69 Å². The molecule has 0 saturated carbocycles. The third-order valence-corrected chi connectivity index (χ3v) is 4.02. The highest BCUT2D eigenvalue weighted by Crippen LogP contribution is 2.29. The number of carbonyl (C=O) groups excluding carboxylic acids is 1. The second-order valence-electron chi connectivity index (χ2n) is 5.23. The number of nitrogens with zero attached hydrogens (tertiary/aromatic N) is 1. The van der Waals surface area contributed by atoms with E-state index in [1.54, 1.807) is 12.1 Å². The smallest absolute Gasteiger partial charge is 0.248 e. The van der Waals surface area contributed by atoms with Crippen LogP contribution in [0.15, 0.2) is 18.2 Å². The number of amides is 1. The van der Waals surface area contributed by atoms with Crippen molar-refractivity contribution in [1.29, 1.82) is 0 Å². The van der Waals surface area contributed by atoms with Gasteiger partial charge in [0.1, 0.15) is 0 Å². The van der Waals surface area contributed by atoms with Gasteiger partial charge in [-0.05, 0) is 44.0 Å².